The summed E-state index contributed by atoms with van der Waals surface area (Å²) in [5.41, 5.74) is 4.02. The second kappa shape index (κ2) is 8.17. The minimum atomic E-state index is -0.147. The molecule has 36 heavy (non-hydrogen) atoms. The molecule has 0 aliphatic carbocycles. The number of ether oxygens (including phenoxy) is 2. The number of aromatic amines is 2. The third-order valence-electron chi connectivity index (χ3n) is 5.95. The van der Waals surface area contributed by atoms with Crippen LogP contribution in [0.15, 0.2) is 68.3 Å². The highest BCUT2D eigenvalue weighted by molar-refractivity contribution is 5.96. The Hall–Kier alpha value is -5.31. The van der Waals surface area contributed by atoms with Crippen molar-refractivity contribution < 1.29 is 19.7 Å². The molecule has 176 valence electrons. The Morgan fingerprint density at radius 2 is 1.19 bits per heavy atom. The summed E-state index contributed by atoms with van der Waals surface area (Å²) in [5.74, 6) is 0.467. The molecule has 4 aromatic rings. The van der Waals surface area contributed by atoms with E-state index >= 15 is 0 Å². The molecule has 9 nitrogen and oxygen atoms in total. The molecule has 6 rings (SSSR count). The lowest BCUT2D eigenvalue weighted by Crippen LogP contribution is -1.89. The highest BCUT2D eigenvalue weighted by atomic mass is 16.5. The van der Waals surface area contributed by atoms with Crippen LogP contribution in [-0.2, 0) is 0 Å². The van der Waals surface area contributed by atoms with Gasteiger partial charge in [-0.3, -0.25) is 4.98 Å². The number of rotatable bonds is 6. The number of aromatic hydroxyl groups is 2. The van der Waals surface area contributed by atoms with Crippen LogP contribution in [0, 0.1) is 0 Å². The van der Waals surface area contributed by atoms with E-state index in [9.17, 15) is 10.2 Å². The number of aromatic nitrogens is 5. The Balaban J connectivity index is 1.41. The Morgan fingerprint density at radius 1 is 0.722 bits per heavy atom. The molecule has 0 saturated heterocycles. The van der Waals surface area contributed by atoms with E-state index in [4.69, 9.17) is 9.47 Å². The number of fused-ring (bicyclic) bond motifs is 3. The number of para-hydroxylation sites is 2. The fourth-order valence-electron chi connectivity index (χ4n) is 4.25. The van der Waals surface area contributed by atoms with Crippen molar-refractivity contribution in [2.75, 3.05) is 0 Å². The van der Waals surface area contributed by atoms with Crippen molar-refractivity contribution in [1.29, 1.82) is 0 Å². The van der Waals surface area contributed by atoms with E-state index in [1.165, 1.54) is 6.33 Å². The fourth-order valence-corrected chi connectivity index (χ4v) is 4.25. The molecule has 0 amide bonds. The monoisotopic (exact) mass is 477 g/mol. The maximum Gasteiger partial charge on any atom is 0.234 e. The van der Waals surface area contributed by atoms with E-state index in [2.05, 4.69) is 38.1 Å². The van der Waals surface area contributed by atoms with Crippen molar-refractivity contribution in [2.24, 2.45) is 0 Å². The summed E-state index contributed by atoms with van der Waals surface area (Å²) in [6.07, 6.45) is 7.80. The summed E-state index contributed by atoms with van der Waals surface area (Å²) < 4.78 is 12.2. The number of hydrogen-bond donors (Lipinski definition) is 4. The SMILES string of the molecule is C=Cc1cccc2c(Oc3ncnc(Oc4c(O)[nH]c5c(C=C)cccc45)c4cncc3-4)c(O)[nH]c12. The second-order valence-electron chi connectivity index (χ2n) is 7.98. The number of nitrogens with one attached hydrogen (secondary N) is 2. The van der Waals surface area contributed by atoms with E-state index in [-0.39, 0.29) is 35.0 Å². The zero-order valence-electron chi connectivity index (χ0n) is 18.8. The van der Waals surface area contributed by atoms with E-state index in [1.54, 1.807) is 24.5 Å². The van der Waals surface area contributed by atoms with Gasteiger partial charge in [-0.05, 0) is 23.3 Å². The first kappa shape index (κ1) is 21.2. The van der Waals surface area contributed by atoms with Crippen molar-refractivity contribution in [3.05, 3.63) is 79.4 Å². The minimum Gasteiger partial charge on any atom is -0.492 e. The topological polar surface area (TPSA) is 129 Å². The van der Waals surface area contributed by atoms with Gasteiger partial charge in [-0.25, -0.2) is 9.97 Å². The summed E-state index contributed by atoms with van der Waals surface area (Å²) in [6, 6.07) is 11.1. The molecule has 0 atom stereocenters. The van der Waals surface area contributed by atoms with Gasteiger partial charge in [-0.1, -0.05) is 49.6 Å². The molecule has 0 bridgehead atoms. The second-order valence-corrected chi connectivity index (χ2v) is 7.98. The molecule has 4 heterocycles. The molecule has 2 aromatic heterocycles. The van der Waals surface area contributed by atoms with Crippen LogP contribution in [0.2, 0.25) is 0 Å². The molecular weight excluding hydrogens is 458 g/mol. The molecule has 0 fully saturated rings. The summed E-state index contributed by atoms with van der Waals surface area (Å²) >= 11 is 0. The first-order valence-electron chi connectivity index (χ1n) is 11.0. The highest BCUT2D eigenvalue weighted by Crippen LogP contribution is 2.45. The molecule has 0 unspecified atom stereocenters. The zero-order chi connectivity index (χ0) is 24.8. The van der Waals surface area contributed by atoms with Crippen LogP contribution < -0.4 is 9.47 Å². The summed E-state index contributed by atoms with van der Waals surface area (Å²) in [6.45, 7) is 7.62. The maximum atomic E-state index is 10.6. The third kappa shape index (κ3) is 3.22. The summed E-state index contributed by atoms with van der Waals surface area (Å²) in [5, 5.41) is 22.5. The van der Waals surface area contributed by atoms with Crippen LogP contribution >= 0.6 is 0 Å². The first-order valence-corrected chi connectivity index (χ1v) is 11.0. The summed E-state index contributed by atoms with van der Waals surface area (Å²) in [4.78, 5) is 18.7. The molecular formula is C27H19N5O4. The van der Waals surface area contributed by atoms with Gasteiger partial charge in [0.2, 0.25) is 23.5 Å². The number of hydrogen-bond acceptors (Lipinski definition) is 7. The first-order chi connectivity index (χ1) is 17.6. The van der Waals surface area contributed by atoms with Crippen molar-refractivity contribution in [3.8, 4) is 46.1 Å². The van der Waals surface area contributed by atoms with Crippen LogP contribution in [0.1, 0.15) is 11.1 Å². The Bertz CT molecular complexity index is 1640. The van der Waals surface area contributed by atoms with E-state index in [0.717, 1.165) is 11.1 Å². The molecule has 0 saturated carbocycles. The lowest BCUT2D eigenvalue weighted by molar-refractivity contribution is 0.399. The van der Waals surface area contributed by atoms with Gasteiger partial charge in [-0.2, -0.15) is 0 Å². The average Bonchev–Trinajstić information content (AvgIpc) is 3.55. The Morgan fingerprint density at radius 3 is 1.64 bits per heavy atom. The largest absolute Gasteiger partial charge is 0.492 e. The number of benzene rings is 2. The van der Waals surface area contributed by atoms with Crippen LogP contribution in [0.4, 0.5) is 0 Å². The fraction of sp³-hybridized carbons (Fsp3) is 0. The quantitative estimate of drug-likeness (QED) is 0.224. The van der Waals surface area contributed by atoms with Gasteiger partial charge in [0.1, 0.15) is 6.33 Å². The molecule has 2 aliphatic heterocycles. The van der Waals surface area contributed by atoms with Crippen LogP contribution in [0.3, 0.4) is 0 Å². The van der Waals surface area contributed by atoms with Gasteiger partial charge in [-0.15, -0.1) is 0 Å². The van der Waals surface area contributed by atoms with Crippen LogP contribution in [-0.4, -0.2) is 35.1 Å². The Kier molecular flexibility index (Phi) is 4.82. The summed E-state index contributed by atoms with van der Waals surface area (Å²) in [7, 11) is 0. The predicted molar refractivity (Wildman–Crippen MR) is 137 cm³/mol. The third-order valence-corrected chi connectivity index (χ3v) is 5.95. The van der Waals surface area contributed by atoms with E-state index < -0.39 is 0 Å². The lowest BCUT2D eigenvalue weighted by Gasteiger charge is -2.07. The van der Waals surface area contributed by atoms with Crippen molar-refractivity contribution >= 4 is 34.0 Å². The highest BCUT2D eigenvalue weighted by Gasteiger charge is 2.23. The number of H-pyrrole nitrogens is 2. The minimum absolute atomic E-state index is 0.147. The molecule has 4 N–H and O–H groups in total. The van der Waals surface area contributed by atoms with Crippen molar-refractivity contribution in [1.82, 2.24) is 24.9 Å². The Labute approximate surface area is 204 Å². The normalized spacial score (nSPS) is 11.2. The van der Waals surface area contributed by atoms with Crippen LogP contribution in [0.5, 0.6) is 35.0 Å². The molecule has 9 heteroatoms. The van der Waals surface area contributed by atoms with E-state index in [0.29, 0.717) is 32.9 Å². The van der Waals surface area contributed by atoms with Gasteiger partial charge in [0.05, 0.1) is 22.2 Å². The van der Waals surface area contributed by atoms with E-state index in [1.807, 2.05) is 36.4 Å². The average molecular weight is 477 g/mol. The molecule has 2 aromatic carbocycles. The van der Waals surface area contributed by atoms with Gasteiger partial charge in [0, 0.05) is 23.2 Å². The molecule has 0 radical (unpaired) electrons. The predicted octanol–water partition coefficient (Wildman–Crippen LogP) is 6.22. The maximum absolute atomic E-state index is 10.6. The molecule has 2 aliphatic rings. The van der Waals surface area contributed by atoms with Gasteiger partial charge >= 0.3 is 0 Å². The smallest absolute Gasteiger partial charge is 0.234 e. The lowest BCUT2D eigenvalue weighted by atomic mass is 10.1. The van der Waals surface area contributed by atoms with Crippen LogP contribution in [0.25, 0.3) is 45.1 Å². The van der Waals surface area contributed by atoms with Gasteiger partial charge in [0.25, 0.3) is 0 Å². The standard InChI is InChI=1S/C27H19N5O4/c1-3-14-7-5-9-16-20(14)31-24(33)22(16)35-26-18-11-28-12-19(18)27(30-13-29-26)36-23-17-10-6-8-15(4-2)21(17)32-25(23)34/h3-13,31-34H,1-2H2. The number of nitrogens with zero attached hydrogens (tertiary/aromatic N) is 3. The zero-order valence-corrected chi connectivity index (χ0v) is 18.8. The van der Waals surface area contributed by atoms with Gasteiger partial charge < -0.3 is 29.7 Å². The van der Waals surface area contributed by atoms with Gasteiger partial charge in [0.15, 0.2) is 11.5 Å². The molecule has 0 spiro atoms. The van der Waals surface area contributed by atoms with Crippen molar-refractivity contribution in [3.63, 3.8) is 0 Å². The van der Waals surface area contributed by atoms with Crippen molar-refractivity contribution in [2.45, 2.75) is 0 Å².